The van der Waals surface area contributed by atoms with Crippen LogP contribution in [0.25, 0.3) is 10.2 Å². The fraction of sp³-hybridized carbons (Fsp3) is 0.417. The summed E-state index contributed by atoms with van der Waals surface area (Å²) in [6, 6.07) is 12.9. The Balaban J connectivity index is 0.00000341. The predicted molar refractivity (Wildman–Crippen MR) is 138 cm³/mol. The molecule has 0 atom stereocenters. The molecule has 0 saturated carbocycles. The average molecular weight is 478 g/mol. The van der Waals surface area contributed by atoms with Crippen LogP contribution in [0.4, 0.5) is 5.13 Å². The predicted octanol–water partition coefficient (Wildman–Crippen LogP) is 6.11. The molecule has 0 N–H and O–H groups in total. The van der Waals surface area contributed by atoms with Crippen LogP contribution < -0.4 is 4.90 Å². The number of likely N-dealkylation sites (N-methyl/N-ethyl adjacent to an activating group) is 1. The Morgan fingerprint density at radius 1 is 1.03 bits per heavy atom. The fourth-order valence-corrected chi connectivity index (χ4v) is 5.32. The first kappa shape index (κ1) is 25.7. The number of carbonyl (C=O) groups excluding carboxylic acids is 1. The number of amides is 1. The van der Waals surface area contributed by atoms with Crippen LogP contribution in [0.2, 0.25) is 0 Å². The van der Waals surface area contributed by atoms with E-state index in [4.69, 9.17) is 4.98 Å². The van der Waals surface area contributed by atoms with Gasteiger partial charge in [-0.15, -0.1) is 24.2 Å². The normalized spacial score (nSPS) is 11.0. The highest BCUT2D eigenvalue weighted by Gasteiger charge is 2.20. The van der Waals surface area contributed by atoms with Crippen LogP contribution in [0.5, 0.6) is 0 Å². The van der Waals surface area contributed by atoms with E-state index in [9.17, 15) is 4.79 Å². The number of anilines is 1. The van der Waals surface area contributed by atoms with Crippen LogP contribution in [-0.2, 0) is 4.79 Å². The van der Waals surface area contributed by atoms with Crippen molar-refractivity contribution in [3.63, 3.8) is 0 Å². The molecule has 0 aliphatic rings. The molecular weight excluding hydrogens is 446 g/mol. The van der Waals surface area contributed by atoms with Crippen molar-refractivity contribution in [2.75, 3.05) is 37.8 Å². The van der Waals surface area contributed by atoms with E-state index in [1.807, 2.05) is 30.8 Å². The molecule has 0 spiro atoms. The quantitative estimate of drug-likeness (QED) is 0.275. The van der Waals surface area contributed by atoms with Crippen LogP contribution >= 0.6 is 35.5 Å². The first-order valence-corrected chi connectivity index (χ1v) is 12.2. The third-order valence-corrected chi connectivity index (χ3v) is 7.07. The van der Waals surface area contributed by atoms with Crippen LogP contribution in [0.1, 0.15) is 29.5 Å². The minimum absolute atomic E-state index is 0. The van der Waals surface area contributed by atoms with Crippen LogP contribution in [0.3, 0.4) is 0 Å². The summed E-state index contributed by atoms with van der Waals surface area (Å²) >= 11 is 3.43. The number of rotatable bonds is 9. The molecule has 3 aromatic rings. The number of aromatic nitrogens is 1. The van der Waals surface area contributed by atoms with Gasteiger partial charge in [0.05, 0.1) is 10.2 Å². The van der Waals surface area contributed by atoms with Crippen molar-refractivity contribution in [1.29, 1.82) is 0 Å². The Bertz CT molecular complexity index is 1000. The van der Waals surface area contributed by atoms with Gasteiger partial charge in [-0.25, -0.2) is 4.98 Å². The molecule has 0 aliphatic heterocycles. The molecule has 0 saturated heterocycles. The molecule has 2 aromatic carbocycles. The summed E-state index contributed by atoms with van der Waals surface area (Å²) < 4.78 is 1.15. The zero-order valence-electron chi connectivity index (χ0n) is 19.0. The second-order valence-corrected chi connectivity index (χ2v) is 10.2. The highest BCUT2D eigenvalue weighted by molar-refractivity contribution is 7.99. The summed E-state index contributed by atoms with van der Waals surface area (Å²) in [4.78, 5) is 23.2. The van der Waals surface area contributed by atoms with Crippen LogP contribution in [0, 0.1) is 20.8 Å². The van der Waals surface area contributed by atoms with Gasteiger partial charge in [0.2, 0.25) is 5.91 Å². The lowest BCUT2D eigenvalue weighted by atomic mass is 10.1. The first-order valence-electron chi connectivity index (χ1n) is 10.4. The van der Waals surface area contributed by atoms with E-state index < -0.39 is 0 Å². The molecule has 0 unspecified atom stereocenters. The number of nitrogens with zero attached hydrogens (tertiary/aromatic N) is 3. The molecule has 168 valence electrons. The monoisotopic (exact) mass is 477 g/mol. The number of thiazole rings is 1. The van der Waals surface area contributed by atoms with E-state index in [-0.39, 0.29) is 18.3 Å². The van der Waals surface area contributed by atoms with Crippen molar-refractivity contribution < 1.29 is 4.79 Å². The van der Waals surface area contributed by atoms with Crippen LogP contribution in [0.15, 0.2) is 41.3 Å². The van der Waals surface area contributed by atoms with Gasteiger partial charge in [0, 0.05) is 24.4 Å². The molecule has 4 nitrogen and oxygen atoms in total. The molecule has 3 rings (SSSR count). The van der Waals surface area contributed by atoms with Gasteiger partial charge in [-0.1, -0.05) is 35.1 Å². The molecule has 1 heterocycles. The number of fused-ring (bicyclic) bond motifs is 1. The molecule has 31 heavy (non-hydrogen) atoms. The number of halogens is 1. The lowest BCUT2D eigenvalue weighted by molar-refractivity contribution is -0.118. The number of thioether (sulfide) groups is 1. The Hall–Kier alpha value is -1.60. The SMILES string of the molecule is Cc1ccc(SCCCC(=O)N(CCN(C)C)c2nc3c(C)cc(C)cc3s2)cc1.Cl. The maximum atomic E-state index is 13.1. The topological polar surface area (TPSA) is 36.4 Å². The second kappa shape index (κ2) is 11.9. The Morgan fingerprint density at radius 2 is 1.74 bits per heavy atom. The van der Waals surface area contributed by atoms with Gasteiger partial charge in [0.15, 0.2) is 5.13 Å². The van der Waals surface area contributed by atoms with E-state index >= 15 is 0 Å². The van der Waals surface area contributed by atoms with E-state index in [1.165, 1.54) is 21.6 Å². The van der Waals surface area contributed by atoms with Gasteiger partial charge in [-0.2, -0.15) is 0 Å². The molecule has 0 aliphatic carbocycles. The van der Waals surface area contributed by atoms with Gasteiger partial charge in [-0.3, -0.25) is 9.69 Å². The summed E-state index contributed by atoms with van der Waals surface area (Å²) in [5, 5.41) is 0.816. The largest absolute Gasteiger partial charge is 0.308 e. The summed E-state index contributed by atoms with van der Waals surface area (Å²) in [5.41, 5.74) is 4.68. The number of aryl methyl sites for hydroxylation is 3. The molecule has 1 aromatic heterocycles. The van der Waals surface area contributed by atoms with Crippen molar-refractivity contribution in [2.45, 2.75) is 38.5 Å². The van der Waals surface area contributed by atoms with Gasteiger partial charge < -0.3 is 4.90 Å². The highest BCUT2D eigenvalue weighted by Crippen LogP contribution is 2.32. The summed E-state index contributed by atoms with van der Waals surface area (Å²) in [5.74, 6) is 1.10. The minimum atomic E-state index is 0. The lowest BCUT2D eigenvalue weighted by Gasteiger charge is -2.22. The molecule has 0 fully saturated rings. The highest BCUT2D eigenvalue weighted by atomic mass is 35.5. The van der Waals surface area contributed by atoms with Crippen LogP contribution in [-0.4, -0.2) is 48.7 Å². The number of hydrogen-bond donors (Lipinski definition) is 0. The Kier molecular flexibility index (Phi) is 9.82. The minimum Gasteiger partial charge on any atom is -0.308 e. The first-order chi connectivity index (χ1) is 14.3. The third-order valence-electron chi connectivity index (χ3n) is 4.95. The van der Waals surface area contributed by atoms with Crippen molar-refractivity contribution in [3.05, 3.63) is 53.1 Å². The molecule has 0 radical (unpaired) electrons. The Morgan fingerprint density at radius 3 is 2.42 bits per heavy atom. The van der Waals surface area contributed by atoms with Gasteiger partial charge >= 0.3 is 0 Å². The number of hydrogen-bond acceptors (Lipinski definition) is 5. The summed E-state index contributed by atoms with van der Waals surface area (Å²) in [7, 11) is 4.07. The number of carbonyl (C=O) groups is 1. The smallest absolute Gasteiger partial charge is 0.228 e. The maximum absolute atomic E-state index is 13.1. The molecule has 0 bridgehead atoms. The number of benzene rings is 2. The molecular formula is C24H32ClN3OS2. The van der Waals surface area contributed by atoms with Crippen molar-refractivity contribution in [3.8, 4) is 0 Å². The van der Waals surface area contributed by atoms with Gasteiger partial charge in [-0.05, 0) is 76.4 Å². The zero-order chi connectivity index (χ0) is 21.7. The van der Waals surface area contributed by atoms with Crippen molar-refractivity contribution in [2.24, 2.45) is 0 Å². The van der Waals surface area contributed by atoms with Crippen molar-refractivity contribution in [1.82, 2.24) is 9.88 Å². The van der Waals surface area contributed by atoms with E-state index in [0.717, 1.165) is 34.1 Å². The van der Waals surface area contributed by atoms with Gasteiger partial charge in [0.25, 0.3) is 0 Å². The molecule has 7 heteroatoms. The standard InChI is InChI=1S/C24H31N3OS2.ClH/c1-17-8-10-20(11-9-17)29-14-6-7-22(28)27(13-12-26(4)5)24-25-23-19(3)15-18(2)16-21(23)30-24;/h8-11,15-16H,6-7,12-14H2,1-5H3;1H. The average Bonchev–Trinajstić information content (AvgIpc) is 3.10. The third kappa shape index (κ3) is 7.21. The Labute approximate surface area is 200 Å². The van der Waals surface area contributed by atoms with E-state index in [2.05, 4.69) is 62.1 Å². The van der Waals surface area contributed by atoms with Crippen molar-refractivity contribution >= 4 is 56.8 Å². The lowest BCUT2D eigenvalue weighted by Crippen LogP contribution is -2.36. The van der Waals surface area contributed by atoms with E-state index in [1.54, 1.807) is 11.3 Å². The fourth-order valence-electron chi connectivity index (χ4n) is 3.28. The van der Waals surface area contributed by atoms with E-state index in [0.29, 0.717) is 13.0 Å². The maximum Gasteiger partial charge on any atom is 0.228 e. The summed E-state index contributed by atoms with van der Waals surface area (Å²) in [6.07, 6.45) is 1.40. The summed E-state index contributed by atoms with van der Waals surface area (Å²) in [6.45, 7) is 7.77. The second-order valence-electron chi connectivity index (χ2n) is 8.04. The zero-order valence-corrected chi connectivity index (χ0v) is 21.4. The molecule has 1 amide bonds. The van der Waals surface area contributed by atoms with Gasteiger partial charge in [0.1, 0.15) is 0 Å².